The lowest BCUT2D eigenvalue weighted by atomic mass is 10.1. The number of hydrogen-bond acceptors (Lipinski definition) is 8. The van der Waals surface area contributed by atoms with E-state index >= 15 is 0 Å². The fourth-order valence-electron chi connectivity index (χ4n) is 5.51. The molecule has 0 atom stereocenters. The van der Waals surface area contributed by atoms with E-state index in [1.807, 2.05) is 48.5 Å². The number of benzene rings is 5. The fourth-order valence-corrected chi connectivity index (χ4v) is 5.51. The van der Waals surface area contributed by atoms with E-state index in [0.29, 0.717) is 85.1 Å². The minimum absolute atomic E-state index is 0.428. The fraction of sp³-hybridized carbons (Fsp3) is 0.263. The molecule has 0 bridgehead atoms. The highest BCUT2D eigenvalue weighted by molar-refractivity contribution is 5.95. The van der Waals surface area contributed by atoms with Crippen LogP contribution in [0.15, 0.2) is 93.8 Å². The van der Waals surface area contributed by atoms with Crippen LogP contribution < -0.4 is 9.47 Å². The Morgan fingerprint density at radius 3 is 1.37 bits per heavy atom. The van der Waals surface area contributed by atoms with Gasteiger partial charge >= 0.3 is 0 Å². The van der Waals surface area contributed by atoms with Crippen LogP contribution in [0.25, 0.3) is 66.7 Å². The molecule has 7 aromatic rings. The summed E-state index contributed by atoms with van der Waals surface area (Å²) in [6, 6.07) is 28.2. The average Bonchev–Trinajstić information content (AvgIpc) is 3.69. The van der Waals surface area contributed by atoms with Gasteiger partial charge < -0.3 is 27.8 Å². The maximum absolute atomic E-state index is 6.33. The van der Waals surface area contributed by atoms with Crippen LogP contribution in [-0.2, 0) is 9.47 Å². The largest absolute Gasteiger partial charge is 0.490 e. The first-order valence-electron chi connectivity index (χ1n) is 15.9. The highest BCUT2D eigenvalue weighted by Crippen LogP contribution is 2.39. The summed E-state index contributed by atoms with van der Waals surface area (Å²) in [6.45, 7) is 7.46. The zero-order valence-corrected chi connectivity index (χ0v) is 26.1. The maximum atomic E-state index is 6.33. The van der Waals surface area contributed by atoms with E-state index < -0.39 is 0 Å². The molecule has 0 aliphatic heterocycles. The molecule has 0 fully saturated rings. The molecule has 0 saturated carbocycles. The van der Waals surface area contributed by atoms with E-state index in [1.54, 1.807) is 0 Å². The third-order valence-electron chi connectivity index (χ3n) is 7.72. The van der Waals surface area contributed by atoms with Crippen LogP contribution in [0.5, 0.6) is 11.5 Å². The molecule has 0 saturated heterocycles. The first kappa shape index (κ1) is 29.8. The summed E-state index contributed by atoms with van der Waals surface area (Å²) in [6.07, 6.45) is 1.93. The van der Waals surface area contributed by atoms with Crippen molar-refractivity contribution in [1.82, 2.24) is 9.97 Å². The summed E-state index contributed by atoms with van der Waals surface area (Å²) in [5.74, 6) is 2.32. The number of aromatic nitrogens is 2. The van der Waals surface area contributed by atoms with Gasteiger partial charge in [-0.05, 0) is 64.7 Å². The predicted octanol–water partition coefficient (Wildman–Crippen LogP) is 9.22. The Hall–Kier alpha value is -4.92. The second-order valence-electron chi connectivity index (χ2n) is 11.1. The highest BCUT2D eigenvalue weighted by Gasteiger charge is 2.20. The molecule has 0 spiro atoms. The van der Waals surface area contributed by atoms with Gasteiger partial charge in [0.1, 0.15) is 35.7 Å². The monoisotopic (exact) mass is 616 g/mol. The van der Waals surface area contributed by atoms with Crippen LogP contribution in [0.2, 0.25) is 0 Å². The Morgan fingerprint density at radius 2 is 0.935 bits per heavy atom. The summed E-state index contributed by atoms with van der Waals surface area (Å²) in [7, 11) is 0. The van der Waals surface area contributed by atoms with Crippen LogP contribution in [0.4, 0.5) is 0 Å². The molecule has 5 aromatic carbocycles. The summed E-state index contributed by atoms with van der Waals surface area (Å²) in [5, 5.41) is 4.29. The first-order chi connectivity index (χ1) is 22.7. The predicted molar refractivity (Wildman–Crippen MR) is 181 cm³/mol. The minimum Gasteiger partial charge on any atom is -0.490 e. The Labute approximate surface area is 266 Å². The lowest BCUT2D eigenvalue weighted by Gasteiger charge is -2.11. The summed E-state index contributed by atoms with van der Waals surface area (Å²) >= 11 is 0. The Balaban J connectivity index is 1.22. The van der Waals surface area contributed by atoms with Crippen molar-refractivity contribution in [3.8, 4) is 34.4 Å². The minimum atomic E-state index is 0.428. The smallest absolute Gasteiger partial charge is 0.231 e. The van der Waals surface area contributed by atoms with Gasteiger partial charge in [0, 0.05) is 19.3 Å². The molecule has 0 aliphatic carbocycles. The summed E-state index contributed by atoms with van der Waals surface area (Å²) in [4.78, 5) is 9.73. The van der Waals surface area contributed by atoms with Gasteiger partial charge in [0.05, 0.1) is 24.3 Å². The van der Waals surface area contributed by atoms with E-state index in [1.165, 1.54) is 0 Å². The van der Waals surface area contributed by atoms with E-state index in [0.717, 1.165) is 45.5 Å². The van der Waals surface area contributed by atoms with Crippen molar-refractivity contribution in [3.63, 3.8) is 0 Å². The Morgan fingerprint density at radius 1 is 0.500 bits per heavy atom. The molecule has 0 aliphatic rings. The molecule has 46 heavy (non-hydrogen) atoms. The van der Waals surface area contributed by atoms with Gasteiger partial charge in [0.2, 0.25) is 11.8 Å². The van der Waals surface area contributed by atoms with Crippen LogP contribution in [0.3, 0.4) is 0 Å². The number of rotatable bonds is 14. The third-order valence-corrected chi connectivity index (χ3v) is 7.72. The van der Waals surface area contributed by atoms with Crippen molar-refractivity contribution in [2.24, 2.45) is 0 Å². The number of oxazole rings is 2. The zero-order chi connectivity index (χ0) is 31.3. The van der Waals surface area contributed by atoms with Gasteiger partial charge in [-0.3, -0.25) is 0 Å². The molecule has 2 heterocycles. The van der Waals surface area contributed by atoms with Gasteiger partial charge in [-0.2, -0.15) is 0 Å². The molecule has 2 aromatic heterocycles. The van der Waals surface area contributed by atoms with Crippen LogP contribution in [0, 0.1) is 0 Å². The van der Waals surface area contributed by atoms with Crippen LogP contribution in [0.1, 0.15) is 26.7 Å². The molecule has 8 heteroatoms. The molecule has 7 rings (SSSR count). The third kappa shape index (κ3) is 6.27. The van der Waals surface area contributed by atoms with Gasteiger partial charge in [-0.1, -0.05) is 62.4 Å². The molecular formula is C38H36N2O6. The number of hydrogen-bond donors (Lipinski definition) is 0. The molecule has 0 radical (unpaired) electrons. The number of nitrogens with zero attached hydrogens (tertiary/aromatic N) is 2. The van der Waals surface area contributed by atoms with Gasteiger partial charge in [-0.25, -0.2) is 9.97 Å². The maximum Gasteiger partial charge on any atom is 0.231 e. The van der Waals surface area contributed by atoms with E-state index in [-0.39, 0.29) is 0 Å². The molecule has 8 nitrogen and oxygen atoms in total. The second-order valence-corrected chi connectivity index (χ2v) is 11.1. The molecule has 234 valence electrons. The highest BCUT2D eigenvalue weighted by atomic mass is 16.5. The normalized spacial score (nSPS) is 11.7. The van der Waals surface area contributed by atoms with Crippen LogP contribution in [-0.4, -0.2) is 49.6 Å². The summed E-state index contributed by atoms with van der Waals surface area (Å²) < 4.78 is 36.3. The first-order valence-corrected chi connectivity index (χ1v) is 15.9. The van der Waals surface area contributed by atoms with Crippen molar-refractivity contribution in [3.05, 3.63) is 84.9 Å². The standard InChI is InChI=1S/C38H36N2O6/c1-3-13-41-15-17-43-33-21-27-11-7-5-9-25(27)19-29(33)37-39-31-23-32-36(24-35(31)45-37)46-38(40-32)30-20-26-10-6-8-12-28(26)22-34(30)44-18-16-42-14-4-2/h5-12,19-24H,3-4,13-18H2,1-2H3. The lowest BCUT2D eigenvalue weighted by molar-refractivity contribution is 0.101. The van der Waals surface area contributed by atoms with Gasteiger partial charge in [-0.15, -0.1) is 0 Å². The van der Waals surface area contributed by atoms with E-state index in [4.69, 9.17) is 37.7 Å². The van der Waals surface area contributed by atoms with E-state index in [2.05, 4.69) is 50.2 Å². The molecule has 0 N–H and O–H groups in total. The van der Waals surface area contributed by atoms with Crippen molar-refractivity contribution < 1.29 is 27.8 Å². The average molecular weight is 617 g/mol. The van der Waals surface area contributed by atoms with Gasteiger partial charge in [0.25, 0.3) is 0 Å². The van der Waals surface area contributed by atoms with E-state index in [9.17, 15) is 0 Å². The molecule has 0 unspecified atom stereocenters. The Bertz CT molecular complexity index is 1920. The van der Waals surface area contributed by atoms with Crippen molar-refractivity contribution in [2.75, 3.05) is 39.6 Å². The number of fused-ring (bicyclic) bond motifs is 4. The zero-order valence-electron chi connectivity index (χ0n) is 26.1. The topological polar surface area (TPSA) is 89.0 Å². The van der Waals surface area contributed by atoms with Crippen molar-refractivity contribution >= 4 is 43.7 Å². The SMILES string of the molecule is CCCOCCOc1cc2ccccc2cc1-c1nc2cc3nc(-c4cc5ccccc5cc4OCCOCCC)oc3cc2o1. The second kappa shape index (κ2) is 13.6. The van der Waals surface area contributed by atoms with Crippen LogP contribution >= 0.6 is 0 Å². The molecular weight excluding hydrogens is 580 g/mol. The lowest BCUT2D eigenvalue weighted by Crippen LogP contribution is -2.07. The van der Waals surface area contributed by atoms with Gasteiger partial charge in [0.15, 0.2) is 11.2 Å². The van der Waals surface area contributed by atoms with Crippen molar-refractivity contribution in [1.29, 1.82) is 0 Å². The van der Waals surface area contributed by atoms with Crippen molar-refractivity contribution in [2.45, 2.75) is 26.7 Å². The summed E-state index contributed by atoms with van der Waals surface area (Å²) in [5.41, 5.74) is 4.09. The molecule has 0 amide bonds. The Kier molecular flexibility index (Phi) is 8.80. The quantitative estimate of drug-likeness (QED) is 0.112. The number of ether oxygens (including phenoxy) is 4.